The maximum atomic E-state index is 12.8. The van der Waals surface area contributed by atoms with Crippen molar-refractivity contribution in [2.75, 3.05) is 26.7 Å². The molecule has 4 nitrogen and oxygen atoms in total. The molecule has 0 aliphatic carbocycles. The third-order valence-electron chi connectivity index (χ3n) is 5.35. The SMILES string of the molecule is CN1CCN(C(=O)CCc2csc(-c3ccccc3)n2)CC1c1ccccc1. The largest absolute Gasteiger partial charge is 0.339 e. The first-order valence-electron chi connectivity index (χ1n) is 9.73. The van der Waals surface area contributed by atoms with Crippen molar-refractivity contribution in [1.82, 2.24) is 14.8 Å². The molecule has 1 amide bonds. The van der Waals surface area contributed by atoms with Gasteiger partial charge in [-0.25, -0.2) is 4.98 Å². The maximum Gasteiger partial charge on any atom is 0.223 e. The van der Waals surface area contributed by atoms with E-state index in [1.54, 1.807) is 11.3 Å². The number of hydrogen-bond acceptors (Lipinski definition) is 4. The number of carbonyl (C=O) groups excluding carboxylic acids is 1. The first kappa shape index (κ1) is 18.8. The first-order chi connectivity index (χ1) is 13.7. The van der Waals surface area contributed by atoms with Gasteiger partial charge in [0.05, 0.1) is 11.7 Å². The van der Waals surface area contributed by atoms with Crippen LogP contribution in [0.4, 0.5) is 0 Å². The van der Waals surface area contributed by atoms with Crippen LogP contribution in [-0.4, -0.2) is 47.4 Å². The number of hydrogen-bond donors (Lipinski definition) is 0. The van der Waals surface area contributed by atoms with E-state index in [1.807, 2.05) is 29.2 Å². The highest BCUT2D eigenvalue weighted by Crippen LogP contribution is 2.26. The molecule has 1 saturated heterocycles. The van der Waals surface area contributed by atoms with E-state index in [-0.39, 0.29) is 11.9 Å². The van der Waals surface area contributed by atoms with Crippen LogP contribution in [0, 0.1) is 0 Å². The van der Waals surface area contributed by atoms with Gasteiger partial charge >= 0.3 is 0 Å². The summed E-state index contributed by atoms with van der Waals surface area (Å²) in [6.07, 6.45) is 1.22. The van der Waals surface area contributed by atoms with Crippen molar-refractivity contribution in [3.8, 4) is 10.6 Å². The summed E-state index contributed by atoms with van der Waals surface area (Å²) in [6, 6.07) is 20.9. The highest BCUT2D eigenvalue weighted by Gasteiger charge is 2.28. The number of aromatic nitrogens is 1. The predicted molar refractivity (Wildman–Crippen MR) is 114 cm³/mol. The third kappa shape index (κ3) is 4.32. The van der Waals surface area contributed by atoms with E-state index in [0.717, 1.165) is 35.9 Å². The van der Waals surface area contributed by atoms with Gasteiger partial charge in [-0.15, -0.1) is 11.3 Å². The fourth-order valence-corrected chi connectivity index (χ4v) is 4.52. The Labute approximate surface area is 170 Å². The number of benzene rings is 2. The van der Waals surface area contributed by atoms with Gasteiger partial charge in [0.2, 0.25) is 5.91 Å². The fraction of sp³-hybridized carbons (Fsp3) is 0.304. The van der Waals surface area contributed by atoms with Crippen molar-refractivity contribution in [3.63, 3.8) is 0 Å². The number of rotatable bonds is 5. The fourth-order valence-electron chi connectivity index (χ4n) is 3.66. The molecule has 3 aromatic rings. The molecule has 0 bridgehead atoms. The molecule has 0 spiro atoms. The molecule has 5 heteroatoms. The average molecular weight is 392 g/mol. The average Bonchev–Trinajstić information content (AvgIpc) is 3.23. The standard InChI is InChI=1S/C23H25N3OS/c1-25-14-15-26(16-21(25)18-8-4-2-5-9-18)22(27)13-12-20-17-28-23(24-20)19-10-6-3-7-11-19/h2-11,17,21H,12-16H2,1H3. The molecule has 2 heterocycles. The predicted octanol–water partition coefficient (Wildman–Crippen LogP) is 4.26. The van der Waals surface area contributed by atoms with Gasteiger partial charge in [-0.05, 0) is 19.0 Å². The summed E-state index contributed by atoms with van der Waals surface area (Å²) in [4.78, 5) is 21.9. The Hall–Kier alpha value is -2.50. The first-order valence-corrected chi connectivity index (χ1v) is 10.6. The number of thiazole rings is 1. The highest BCUT2D eigenvalue weighted by molar-refractivity contribution is 7.13. The molecule has 1 unspecified atom stereocenters. The number of piperazine rings is 1. The van der Waals surface area contributed by atoms with Crippen molar-refractivity contribution in [2.24, 2.45) is 0 Å². The molecule has 1 aliphatic heterocycles. The summed E-state index contributed by atoms with van der Waals surface area (Å²) in [5.41, 5.74) is 3.41. The summed E-state index contributed by atoms with van der Waals surface area (Å²) in [7, 11) is 2.14. The molecule has 4 rings (SSSR count). The number of aryl methyl sites for hydroxylation is 1. The van der Waals surface area contributed by atoms with Crippen LogP contribution >= 0.6 is 11.3 Å². The Morgan fingerprint density at radius 3 is 2.54 bits per heavy atom. The second kappa shape index (κ2) is 8.67. The Morgan fingerprint density at radius 1 is 1.07 bits per heavy atom. The summed E-state index contributed by atoms with van der Waals surface area (Å²) in [6.45, 7) is 2.46. The van der Waals surface area contributed by atoms with E-state index >= 15 is 0 Å². The molecule has 0 N–H and O–H groups in total. The monoisotopic (exact) mass is 391 g/mol. The highest BCUT2D eigenvalue weighted by atomic mass is 32.1. The number of nitrogens with zero attached hydrogens (tertiary/aromatic N) is 3. The van der Waals surface area contributed by atoms with E-state index in [2.05, 4.69) is 53.7 Å². The summed E-state index contributed by atoms with van der Waals surface area (Å²) >= 11 is 1.65. The lowest BCUT2D eigenvalue weighted by Gasteiger charge is -2.39. The Kier molecular flexibility index (Phi) is 5.84. The molecule has 28 heavy (non-hydrogen) atoms. The minimum absolute atomic E-state index is 0.225. The zero-order valence-corrected chi connectivity index (χ0v) is 16.9. The molecular formula is C23H25N3OS. The topological polar surface area (TPSA) is 36.4 Å². The molecule has 0 saturated carbocycles. The molecule has 1 aromatic heterocycles. The lowest BCUT2D eigenvalue weighted by Crippen LogP contribution is -2.49. The zero-order chi connectivity index (χ0) is 19.3. The summed E-state index contributed by atoms with van der Waals surface area (Å²) < 4.78 is 0. The van der Waals surface area contributed by atoms with Crippen molar-refractivity contribution >= 4 is 17.2 Å². The molecule has 0 radical (unpaired) electrons. The van der Waals surface area contributed by atoms with E-state index in [0.29, 0.717) is 12.8 Å². The van der Waals surface area contributed by atoms with Gasteiger partial charge in [0.25, 0.3) is 0 Å². The third-order valence-corrected chi connectivity index (χ3v) is 6.29. The van der Waals surface area contributed by atoms with Crippen LogP contribution in [-0.2, 0) is 11.2 Å². The minimum Gasteiger partial charge on any atom is -0.339 e. The Balaban J connectivity index is 1.36. The van der Waals surface area contributed by atoms with Crippen LogP contribution in [0.5, 0.6) is 0 Å². The van der Waals surface area contributed by atoms with Crippen molar-refractivity contribution in [2.45, 2.75) is 18.9 Å². The van der Waals surface area contributed by atoms with E-state index in [1.165, 1.54) is 5.56 Å². The van der Waals surface area contributed by atoms with Gasteiger partial charge in [0.1, 0.15) is 5.01 Å². The van der Waals surface area contributed by atoms with Crippen LogP contribution in [0.3, 0.4) is 0 Å². The van der Waals surface area contributed by atoms with Gasteiger partial charge < -0.3 is 4.90 Å². The zero-order valence-electron chi connectivity index (χ0n) is 16.1. The van der Waals surface area contributed by atoms with Crippen molar-refractivity contribution in [3.05, 3.63) is 77.3 Å². The van der Waals surface area contributed by atoms with Crippen LogP contribution in [0.2, 0.25) is 0 Å². The number of carbonyl (C=O) groups is 1. The van der Waals surface area contributed by atoms with Gasteiger partial charge in [-0.2, -0.15) is 0 Å². The molecule has 1 aliphatic rings. The second-order valence-corrected chi connectivity index (χ2v) is 8.11. The molecule has 1 fully saturated rings. The van der Waals surface area contributed by atoms with Crippen LogP contribution < -0.4 is 0 Å². The molecule has 144 valence electrons. The Morgan fingerprint density at radius 2 is 1.79 bits per heavy atom. The lowest BCUT2D eigenvalue weighted by atomic mass is 10.0. The molecule has 1 atom stereocenters. The number of likely N-dealkylation sites (N-methyl/N-ethyl adjacent to an activating group) is 1. The quantitative estimate of drug-likeness (QED) is 0.652. The van der Waals surface area contributed by atoms with Gasteiger partial charge in [0.15, 0.2) is 0 Å². The van der Waals surface area contributed by atoms with Crippen LogP contribution in [0.15, 0.2) is 66.0 Å². The smallest absolute Gasteiger partial charge is 0.223 e. The van der Waals surface area contributed by atoms with E-state index < -0.39 is 0 Å². The minimum atomic E-state index is 0.225. The number of amides is 1. The van der Waals surface area contributed by atoms with Crippen molar-refractivity contribution < 1.29 is 4.79 Å². The normalized spacial score (nSPS) is 17.6. The van der Waals surface area contributed by atoms with E-state index in [4.69, 9.17) is 4.98 Å². The Bertz CT molecular complexity index is 910. The lowest BCUT2D eigenvalue weighted by molar-refractivity contribution is -0.134. The van der Waals surface area contributed by atoms with Gasteiger partial charge in [-0.1, -0.05) is 60.7 Å². The van der Waals surface area contributed by atoms with Crippen molar-refractivity contribution in [1.29, 1.82) is 0 Å². The molecule has 2 aromatic carbocycles. The van der Waals surface area contributed by atoms with Gasteiger partial charge in [0, 0.05) is 37.0 Å². The summed E-state index contributed by atoms with van der Waals surface area (Å²) in [5.74, 6) is 0.225. The van der Waals surface area contributed by atoms with Gasteiger partial charge in [-0.3, -0.25) is 9.69 Å². The summed E-state index contributed by atoms with van der Waals surface area (Å²) in [5, 5.41) is 3.10. The van der Waals surface area contributed by atoms with E-state index in [9.17, 15) is 4.79 Å². The van der Waals surface area contributed by atoms with Crippen LogP contribution in [0.1, 0.15) is 23.7 Å². The maximum absolute atomic E-state index is 12.8. The molecular weight excluding hydrogens is 366 g/mol. The second-order valence-electron chi connectivity index (χ2n) is 7.26. The van der Waals surface area contributed by atoms with Crippen LogP contribution in [0.25, 0.3) is 10.6 Å².